The summed E-state index contributed by atoms with van der Waals surface area (Å²) < 4.78 is 7.90. The summed E-state index contributed by atoms with van der Waals surface area (Å²) in [7, 11) is 0. The van der Waals surface area contributed by atoms with Gasteiger partial charge in [-0.05, 0) is 49.4 Å². The molecule has 1 aromatic heterocycles. The van der Waals surface area contributed by atoms with E-state index in [1.807, 2.05) is 24.7 Å². The van der Waals surface area contributed by atoms with Gasteiger partial charge < -0.3 is 14.4 Å². The Morgan fingerprint density at radius 3 is 3.20 bits per heavy atom. The van der Waals surface area contributed by atoms with Gasteiger partial charge in [-0.2, -0.15) is 0 Å². The summed E-state index contributed by atoms with van der Waals surface area (Å²) in [6, 6.07) is 6.04. The predicted molar refractivity (Wildman–Crippen MR) is 76.6 cm³/mol. The molecule has 1 aliphatic rings. The third kappa shape index (κ3) is 2.56. The van der Waals surface area contributed by atoms with Crippen LogP contribution >= 0.6 is 0 Å². The molecule has 1 N–H and O–H groups in total. The fourth-order valence-corrected chi connectivity index (χ4v) is 2.75. The molecule has 0 bridgehead atoms. The van der Waals surface area contributed by atoms with Gasteiger partial charge in [0.05, 0.1) is 24.3 Å². The van der Waals surface area contributed by atoms with E-state index in [-0.39, 0.29) is 6.10 Å². The molecule has 1 aromatic carbocycles. The molecule has 0 saturated heterocycles. The van der Waals surface area contributed by atoms with E-state index in [1.165, 1.54) is 5.56 Å². The van der Waals surface area contributed by atoms with Crippen LogP contribution in [0.25, 0.3) is 0 Å². The summed E-state index contributed by atoms with van der Waals surface area (Å²) in [6.45, 7) is 3.48. The van der Waals surface area contributed by atoms with Gasteiger partial charge >= 0.3 is 0 Å². The minimum absolute atomic E-state index is 0.344. The van der Waals surface area contributed by atoms with Crippen LogP contribution in [0.3, 0.4) is 0 Å². The van der Waals surface area contributed by atoms with E-state index in [4.69, 9.17) is 4.74 Å². The highest BCUT2D eigenvalue weighted by Gasteiger charge is 2.18. The molecule has 0 fully saturated rings. The first-order valence-corrected chi connectivity index (χ1v) is 7.20. The molecule has 3 rings (SSSR count). The van der Waals surface area contributed by atoms with E-state index in [0.717, 1.165) is 42.8 Å². The molecule has 20 heavy (non-hydrogen) atoms. The summed E-state index contributed by atoms with van der Waals surface area (Å²) in [5.41, 5.74) is 3.33. The SMILES string of the molecule is CCn1cncc1COc1ccc2c(c1)[C@H](O)CCC2. The van der Waals surface area contributed by atoms with Gasteiger partial charge in [0.15, 0.2) is 0 Å². The summed E-state index contributed by atoms with van der Waals surface area (Å²) >= 11 is 0. The topological polar surface area (TPSA) is 47.3 Å². The molecule has 0 aliphatic heterocycles. The maximum absolute atomic E-state index is 10.1. The largest absolute Gasteiger partial charge is 0.487 e. The highest BCUT2D eigenvalue weighted by molar-refractivity contribution is 5.38. The maximum Gasteiger partial charge on any atom is 0.130 e. The number of aliphatic hydroxyl groups excluding tert-OH is 1. The number of ether oxygens (including phenoxy) is 1. The zero-order chi connectivity index (χ0) is 13.9. The van der Waals surface area contributed by atoms with Crippen molar-refractivity contribution < 1.29 is 9.84 Å². The molecule has 1 atom stereocenters. The molecule has 1 aliphatic carbocycles. The van der Waals surface area contributed by atoms with Crippen molar-refractivity contribution in [2.24, 2.45) is 0 Å². The molecule has 0 amide bonds. The second-order valence-corrected chi connectivity index (χ2v) is 5.23. The first kappa shape index (κ1) is 13.2. The highest BCUT2D eigenvalue weighted by Crippen LogP contribution is 2.32. The molecule has 4 heteroatoms. The number of rotatable bonds is 4. The molecule has 0 spiro atoms. The van der Waals surface area contributed by atoms with Crippen LogP contribution in [-0.2, 0) is 19.6 Å². The molecule has 2 aromatic rings. The van der Waals surface area contributed by atoms with Crippen LogP contribution in [0.5, 0.6) is 5.75 Å². The van der Waals surface area contributed by atoms with Crippen LogP contribution in [-0.4, -0.2) is 14.7 Å². The van der Waals surface area contributed by atoms with E-state index in [0.29, 0.717) is 6.61 Å². The van der Waals surface area contributed by atoms with Crippen molar-refractivity contribution in [2.45, 2.75) is 45.4 Å². The average molecular weight is 272 g/mol. The third-order valence-electron chi connectivity index (χ3n) is 3.93. The summed E-state index contributed by atoms with van der Waals surface area (Å²) in [5, 5.41) is 10.1. The minimum Gasteiger partial charge on any atom is -0.487 e. The number of benzene rings is 1. The molecule has 1 heterocycles. The van der Waals surface area contributed by atoms with Gasteiger partial charge in [0.2, 0.25) is 0 Å². The van der Waals surface area contributed by atoms with Crippen LogP contribution in [0.1, 0.15) is 42.7 Å². The number of hydrogen-bond acceptors (Lipinski definition) is 3. The number of aryl methyl sites for hydroxylation is 2. The van der Waals surface area contributed by atoms with Crippen molar-refractivity contribution in [2.75, 3.05) is 0 Å². The van der Waals surface area contributed by atoms with Gasteiger partial charge in [-0.3, -0.25) is 0 Å². The van der Waals surface area contributed by atoms with Crippen LogP contribution in [0, 0.1) is 0 Å². The van der Waals surface area contributed by atoms with Crippen LogP contribution in [0.4, 0.5) is 0 Å². The summed E-state index contributed by atoms with van der Waals surface area (Å²) in [6.07, 6.45) is 6.26. The smallest absolute Gasteiger partial charge is 0.130 e. The highest BCUT2D eigenvalue weighted by atomic mass is 16.5. The van der Waals surface area contributed by atoms with E-state index >= 15 is 0 Å². The predicted octanol–water partition coefficient (Wildman–Crippen LogP) is 2.85. The average Bonchev–Trinajstić information content (AvgIpc) is 2.93. The van der Waals surface area contributed by atoms with Crippen molar-refractivity contribution in [1.82, 2.24) is 9.55 Å². The lowest BCUT2D eigenvalue weighted by Gasteiger charge is -2.22. The van der Waals surface area contributed by atoms with E-state index in [1.54, 1.807) is 0 Å². The number of fused-ring (bicyclic) bond motifs is 1. The van der Waals surface area contributed by atoms with Gasteiger partial charge in [0.1, 0.15) is 12.4 Å². The van der Waals surface area contributed by atoms with E-state index < -0.39 is 0 Å². The Bertz CT molecular complexity index is 592. The summed E-state index contributed by atoms with van der Waals surface area (Å²) in [4.78, 5) is 4.13. The molecule has 106 valence electrons. The Morgan fingerprint density at radius 1 is 1.45 bits per heavy atom. The van der Waals surface area contributed by atoms with Crippen LogP contribution in [0.2, 0.25) is 0 Å². The Hall–Kier alpha value is -1.81. The number of aromatic nitrogens is 2. The standard InChI is InChI=1S/C16H20N2O2/c1-2-18-11-17-9-13(18)10-20-14-7-6-12-4-3-5-16(19)15(12)8-14/h6-9,11,16,19H,2-5,10H2,1H3/t16-/m1/s1. The first-order valence-electron chi connectivity index (χ1n) is 7.20. The zero-order valence-electron chi connectivity index (χ0n) is 11.7. The number of aliphatic hydroxyl groups is 1. The van der Waals surface area contributed by atoms with Gasteiger partial charge in [0.25, 0.3) is 0 Å². The fraction of sp³-hybridized carbons (Fsp3) is 0.438. The van der Waals surface area contributed by atoms with Gasteiger partial charge in [-0.25, -0.2) is 4.98 Å². The summed E-state index contributed by atoms with van der Waals surface area (Å²) in [5.74, 6) is 0.813. The Kier molecular flexibility index (Phi) is 3.74. The quantitative estimate of drug-likeness (QED) is 0.931. The van der Waals surface area contributed by atoms with Crippen LogP contribution < -0.4 is 4.74 Å². The van der Waals surface area contributed by atoms with Gasteiger partial charge in [-0.15, -0.1) is 0 Å². The first-order chi connectivity index (χ1) is 9.78. The molecule has 4 nitrogen and oxygen atoms in total. The van der Waals surface area contributed by atoms with E-state index in [9.17, 15) is 5.11 Å². The van der Waals surface area contributed by atoms with Crippen molar-refractivity contribution in [3.63, 3.8) is 0 Å². The Balaban J connectivity index is 1.73. The molecular weight excluding hydrogens is 252 g/mol. The van der Waals surface area contributed by atoms with Crippen molar-refractivity contribution in [3.05, 3.63) is 47.5 Å². The number of nitrogens with zero attached hydrogens (tertiary/aromatic N) is 2. The number of hydrogen-bond donors (Lipinski definition) is 1. The fourth-order valence-electron chi connectivity index (χ4n) is 2.75. The van der Waals surface area contributed by atoms with Crippen molar-refractivity contribution >= 4 is 0 Å². The van der Waals surface area contributed by atoms with Crippen LogP contribution in [0.15, 0.2) is 30.7 Å². The monoisotopic (exact) mass is 272 g/mol. The van der Waals surface area contributed by atoms with Gasteiger partial charge in [-0.1, -0.05) is 6.07 Å². The zero-order valence-corrected chi connectivity index (χ0v) is 11.7. The second-order valence-electron chi connectivity index (χ2n) is 5.23. The molecule has 0 radical (unpaired) electrons. The lowest BCUT2D eigenvalue weighted by molar-refractivity contribution is 0.156. The lowest BCUT2D eigenvalue weighted by Crippen LogP contribution is -2.09. The minimum atomic E-state index is -0.344. The Labute approximate surface area is 119 Å². The number of imidazole rings is 1. The van der Waals surface area contributed by atoms with E-state index in [2.05, 4.69) is 22.5 Å². The van der Waals surface area contributed by atoms with Crippen molar-refractivity contribution in [3.8, 4) is 5.75 Å². The lowest BCUT2D eigenvalue weighted by atomic mass is 9.89. The molecular formula is C16H20N2O2. The van der Waals surface area contributed by atoms with Crippen molar-refractivity contribution in [1.29, 1.82) is 0 Å². The second kappa shape index (κ2) is 5.67. The maximum atomic E-state index is 10.1. The third-order valence-corrected chi connectivity index (χ3v) is 3.93. The molecule has 0 saturated carbocycles. The normalized spacial score (nSPS) is 17.8. The Morgan fingerprint density at radius 2 is 2.35 bits per heavy atom. The van der Waals surface area contributed by atoms with Gasteiger partial charge in [0, 0.05) is 6.54 Å². The molecule has 0 unspecified atom stereocenters.